The standard InChI is InChI=1S/C9H9ClN4/c10-9-4-2-1-3-8(9)5-13-14-6-11-12-7-14/h1-4,6-7,13H,5H2. The molecule has 4 nitrogen and oxygen atoms in total. The van der Waals surface area contributed by atoms with Gasteiger partial charge in [-0.1, -0.05) is 29.8 Å². The number of halogens is 1. The molecule has 5 heteroatoms. The lowest BCUT2D eigenvalue weighted by Gasteiger charge is -2.06. The van der Waals surface area contributed by atoms with Crippen LogP contribution in [0.3, 0.4) is 0 Å². The quantitative estimate of drug-likeness (QED) is 0.835. The van der Waals surface area contributed by atoms with Crippen molar-refractivity contribution in [2.75, 3.05) is 5.43 Å². The van der Waals surface area contributed by atoms with E-state index in [2.05, 4.69) is 15.6 Å². The first-order chi connectivity index (χ1) is 6.86. The minimum Gasteiger partial charge on any atom is -0.319 e. The fourth-order valence-corrected chi connectivity index (χ4v) is 1.30. The van der Waals surface area contributed by atoms with Crippen LogP contribution in [0, 0.1) is 0 Å². The van der Waals surface area contributed by atoms with Crippen molar-refractivity contribution in [3.63, 3.8) is 0 Å². The molecule has 1 aromatic carbocycles. The summed E-state index contributed by atoms with van der Waals surface area (Å²) >= 11 is 5.98. The zero-order chi connectivity index (χ0) is 9.80. The molecule has 0 amide bonds. The highest BCUT2D eigenvalue weighted by atomic mass is 35.5. The maximum Gasteiger partial charge on any atom is 0.138 e. The van der Waals surface area contributed by atoms with Gasteiger partial charge in [0.1, 0.15) is 12.7 Å². The van der Waals surface area contributed by atoms with Crippen molar-refractivity contribution in [1.82, 2.24) is 14.9 Å². The van der Waals surface area contributed by atoms with Crippen LogP contribution in [0.5, 0.6) is 0 Å². The smallest absolute Gasteiger partial charge is 0.138 e. The van der Waals surface area contributed by atoms with Crippen LogP contribution in [0.4, 0.5) is 0 Å². The van der Waals surface area contributed by atoms with Crippen molar-refractivity contribution in [3.8, 4) is 0 Å². The first-order valence-corrected chi connectivity index (χ1v) is 4.56. The Labute approximate surface area is 86.5 Å². The summed E-state index contributed by atoms with van der Waals surface area (Å²) in [5.74, 6) is 0. The molecule has 14 heavy (non-hydrogen) atoms. The summed E-state index contributed by atoms with van der Waals surface area (Å²) < 4.78 is 1.68. The topological polar surface area (TPSA) is 42.7 Å². The predicted molar refractivity (Wildman–Crippen MR) is 54.5 cm³/mol. The molecule has 0 spiro atoms. The maximum atomic E-state index is 5.98. The third-order valence-electron chi connectivity index (χ3n) is 1.83. The van der Waals surface area contributed by atoms with Gasteiger partial charge in [-0.2, -0.15) is 0 Å². The molecule has 0 aliphatic carbocycles. The minimum absolute atomic E-state index is 0.651. The highest BCUT2D eigenvalue weighted by molar-refractivity contribution is 6.31. The zero-order valence-corrected chi connectivity index (χ0v) is 8.15. The molecule has 2 rings (SSSR count). The summed E-state index contributed by atoms with van der Waals surface area (Å²) in [6.45, 7) is 0.651. The SMILES string of the molecule is Clc1ccccc1CNn1cnnc1. The van der Waals surface area contributed by atoms with Gasteiger partial charge >= 0.3 is 0 Å². The number of aromatic nitrogens is 3. The third kappa shape index (κ3) is 2.03. The van der Waals surface area contributed by atoms with E-state index in [-0.39, 0.29) is 0 Å². The lowest BCUT2D eigenvalue weighted by Crippen LogP contribution is -2.12. The molecule has 0 aliphatic rings. The number of benzene rings is 1. The van der Waals surface area contributed by atoms with Crippen LogP contribution in [0.2, 0.25) is 5.02 Å². The first-order valence-electron chi connectivity index (χ1n) is 4.18. The van der Waals surface area contributed by atoms with Gasteiger partial charge in [-0.15, -0.1) is 10.2 Å². The number of rotatable bonds is 3. The van der Waals surface area contributed by atoms with Crippen molar-refractivity contribution in [1.29, 1.82) is 0 Å². The number of hydrogen-bond acceptors (Lipinski definition) is 3. The van der Waals surface area contributed by atoms with Gasteiger partial charge in [0, 0.05) is 5.02 Å². The molecule has 0 fully saturated rings. The highest BCUT2D eigenvalue weighted by Gasteiger charge is 1.97. The van der Waals surface area contributed by atoms with Crippen LogP contribution in [0.1, 0.15) is 5.56 Å². The highest BCUT2D eigenvalue weighted by Crippen LogP contribution is 2.14. The molecule has 1 aromatic heterocycles. The van der Waals surface area contributed by atoms with Crippen LogP contribution in [0.15, 0.2) is 36.9 Å². The molecule has 1 heterocycles. The lowest BCUT2D eigenvalue weighted by atomic mass is 10.2. The molecule has 0 radical (unpaired) electrons. The molecule has 0 atom stereocenters. The molecule has 1 N–H and O–H groups in total. The first kappa shape index (κ1) is 9.02. The van der Waals surface area contributed by atoms with Gasteiger partial charge < -0.3 is 5.43 Å². The number of hydrogen-bond donors (Lipinski definition) is 1. The van der Waals surface area contributed by atoms with Crippen molar-refractivity contribution < 1.29 is 0 Å². The van der Waals surface area contributed by atoms with Gasteiger partial charge in [0.25, 0.3) is 0 Å². The van der Waals surface area contributed by atoms with Crippen molar-refractivity contribution in [3.05, 3.63) is 47.5 Å². The second kappa shape index (κ2) is 4.11. The average Bonchev–Trinajstić information content (AvgIpc) is 2.69. The Bertz CT molecular complexity index is 399. The van der Waals surface area contributed by atoms with E-state index in [0.29, 0.717) is 6.54 Å². The second-order valence-corrected chi connectivity index (χ2v) is 3.20. The van der Waals surface area contributed by atoms with Crippen LogP contribution < -0.4 is 5.43 Å². The largest absolute Gasteiger partial charge is 0.319 e. The Balaban J connectivity index is 2.02. The number of nitrogens with zero attached hydrogens (tertiary/aromatic N) is 3. The molecule has 0 aliphatic heterocycles. The maximum absolute atomic E-state index is 5.98. The molecule has 0 saturated carbocycles. The van der Waals surface area contributed by atoms with Gasteiger partial charge in [-0.25, -0.2) is 4.68 Å². The van der Waals surface area contributed by atoms with Gasteiger partial charge in [-0.05, 0) is 11.6 Å². The molecular formula is C9H9ClN4. The Kier molecular flexibility index (Phi) is 2.65. The predicted octanol–water partition coefficient (Wildman–Crippen LogP) is 1.68. The monoisotopic (exact) mass is 208 g/mol. The van der Waals surface area contributed by atoms with Crippen LogP contribution in [-0.4, -0.2) is 14.9 Å². The van der Waals surface area contributed by atoms with E-state index in [9.17, 15) is 0 Å². The van der Waals surface area contributed by atoms with Gasteiger partial charge in [0.15, 0.2) is 0 Å². The van der Waals surface area contributed by atoms with Crippen molar-refractivity contribution in [2.24, 2.45) is 0 Å². The van der Waals surface area contributed by atoms with Crippen LogP contribution >= 0.6 is 11.6 Å². The zero-order valence-electron chi connectivity index (χ0n) is 7.39. The third-order valence-corrected chi connectivity index (χ3v) is 2.20. The summed E-state index contributed by atoms with van der Waals surface area (Å²) in [6.07, 6.45) is 3.19. The van der Waals surface area contributed by atoms with E-state index in [1.165, 1.54) is 0 Å². The van der Waals surface area contributed by atoms with E-state index >= 15 is 0 Å². The summed E-state index contributed by atoms with van der Waals surface area (Å²) in [4.78, 5) is 0. The fraction of sp³-hybridized carbons (Fsp3) is 0.111. The van der Waals surface area contributed by atoms with Crippen LogP contribution in [0.25, 0.3) is 0 Å². The van der Waals surface area contributed by atoms with E-state index in [4.69, 9.17) is 11.6 Å². The Morgan fingerprint density at radius 1 is 1.21 bits per heavy atom. The van der Waals surface area contributed by atoms with E-state index < -0.39 is 0 Å². The minimum atomic E-state index is 0.651. The van der Waals surface area contributed by atoms with E-state index in [0.717, 1.165) is 10.6 Å². The Hall–Kier alpha value is -1.55. The van der Waals surface area contributed by atoms with E-state index in [1.54, 1.807) is 17.3 Å². The summed E-state index contributed by atoms with van der Waals surface area (Å²) in [5.41, 5.74) is 4.13. The van der Waals surface area contributed by atoms with Crippen molar-refractivity contribution in [2.45, 2.75) is 6.54 Å². The number of nitrogens with one attached hydrogen (secondary N) is 1. The molecule has 2 aromatic rings. The van der Waals surface area contributed by atoms with Crippen LogP contribution in [-0.2, 0) is 6.54 Å². The molecule has 0 unspecified atom stereocenters. The molecule has 72 valence electrons. The average molecular weight is 209 g/mol. The normalized spacial score (nSPS) is 10.1. The van der Waals surface area contributed by atoms with Gasteiger partial charge in [-0.3, -0.25) is 0 Å². The molecule has 0 bridgehead atoms. The van der Waals surface area contributed by atoms with E-state index in [1.807, 2.05) is 24.3 Å². The molecular weight excluding hydrogens is 200 g/mol. The fourth-order valence-electron chi connectivity index (χ4n) is 1.10. The van der Waals surface area contributed by atoms with Gasteiger partial charge in [0.05, 0.1) is 6.54 Å². The Morgan fingerprint density at radius 2 is 1.93 bits per heavy atom. The lowest BCUT2D eigenvalue weighted by molar-refractivity contribution is 0.836. The Morgan fingerprint density at radius 3 is 2.64 bits per heavy atom. The van der Waals surface area contributed by atoms with Gasteiger partial charge in [0.2, 0.25) is 0 Å². The second-order valence-electron chi connectivity index (χ2n) is 2.80. The molecule has 0 saturated heterocycles. The summed E-state index contributed by atoms with van der Waals surface area (Å²) in [5, 5.41) is 8.11. The summed E-state index contributed by atoms with van der Waals surface area (Å²) in [7, 11) is 0. The van der Waals surface area contributed by atoms with Crippen molar-refractivity contribution >= 4 is 11.6 Å². The summed E-state index contributed by atoms with van der Waals surface area (Å²) in [6, 6.07) is 7.70.